The molecule has 11 nitrogen and oxygen atoms in total. The minimum Gasteiger partial charge on any atom is -0.456 e. The Hall–Kier alpha value is -3.21. The molecule has 0 unspecified atom stereocenters. The Morgan fingerprint density at radius 1 is 1.00 bits per heavy atom. The number of carbonyl (C=O) groups is 3. The van der Waals surface area contributed by atoms with Crippen LogP contribution in [0.15, 0.2) is 24.3 Å². The lowest BCUT2D eigenvalue weighted by molar-refractivity contribution is -0.384. The second-order valence-electron chi connectivity index (χ2n) is 6.00. The molecule has 0 amide bonds. The van der Waals surface area contributed by atoms with Gasteiger partial charge in [-0.15, -0.1) is 0 Å². The van der Waals surface area contributed by atoms with Gasteiger partial charge in [-0.25, -0.2) is 0 Å². The Kier molecular flexibility index (Phi) is 6.88. The largest absolute Gasteiger partial charge is 0.456 e. The molecule has 2 rings (SSSR count). The zero-order chi connectivity index (χ0) is 20.8. The maximum Gasteiger partial charge on any atom is 0.303 e. The number of nitro groups is 1. The van der Waals surface area contributed by atoms with Crippen molar-refractivity contribution in [3.63, 3.8) is 0 Å². The van der Waals surface area contributed by atoms with Crippen LogP contribution in [0.5, 0.6) is 0 Å². The van der Waals surface area contributed by atoms with Gasteiger partial charge in [0.2, 0.25) is 0 Å². The van der Waals surface area contributed by atoms with Crippen LogP contribution >= 0.6 is 0 Å². The molecule has 152 valence electrons. The van der Waals surface area contributed by atoms with E-state index in [4.69, 9.17) is 18.9 Å². The summed E-state index contributed by atoms with van der Waals surface area (Å²) in [7, 11) is 0. The van der Waals surface area contributed by atoms with Gasteiger partial charge in [0, 0.05) is 38.6 Å². The minimum absolute atomic E-state index is 0.0978. The average Bonchev–Trinajstić information content (AvgIpc) is 2.59. The third kappa shape index (κ3) is 5.64. The highest BCUT2D eigenvalue weighted by atomic mass is 16.6. The maximum atomic E-state index is 11.6. The van der Waals surface area contributed by atoms with Gasteiger partial charge in [-0.1, -0.05) is 0 Å². The van der Waals surface area contributed by atoms with E-state index in [0.29, 0.717) is 5.69 Å². The summed E-state index contributed by atoms with van der Waals surface area (Å²) in [5.74, 6) is -1.94. The molecule has 1 aromatic carbocycles. The first-order valence-electron chi connectivity index (χ1n) is 8.31. The molecule has 11 heteroatoms. The van der Waals surface area contributed by atoms with E-state index < -0.39 is 47.4 Å². The van der Waals surface area contributed by atoms with E-state index in [1.165, 1.54) is 45.0 Å². The van der Waals surface area contributed by atoms with E-state index in [2.05, 4.69) is 5.32 Å². The first-order valence-corrected chi connectivity index (χ1v) is 8.31. The molecule has 0 aromatic heterocycles. The number of carbonyl (C=O) groups excluding carboxylic acids is 3. The SMILES string of the molecule is CC(=O)O[C@@H]1[C@H](OC(C)=O)[C@@H](Nc2ccc([N+](=O)[O-])cc2)OC[C@H]1OC(C)=O. The van der Waals surface area contributed by atoms with Gasteiger partial charge in [0.1, 0.15) is 0 Å². The van der Waals surface area contributed by atoms with E-state index in [-0.39, 0.29) is 12.3 Å². The number of non-ortho nitro benzene ring substituents is 1. The monoisotopic (exact) mass is 396 g/mol. The number of nitro benzene ring substituents is 1. The predicted molar refractivity (Wildman–Crippen MR) is 93.1 cm³/mol. The molecule has 1 heterocycles. The Morgan fingerprint density at radius 2 is 1.54 bits per heavy atom. The third-order valence-corrected chi connectivity index (χ3v) is 3.74. The molecule has 0 bridgehead atoms. The van der Waals surface area contributed by atoms with Crippen molar-refractivity contribution < 1.29 is 38.3 Å². The smallest absolute Gasteiger partial charge is 0.303 e. The zero-order valence-corrected chi connectivity index (χ0v) is 15.4. The van der Waals surface area contributed by atoms with Crippen LogP contribution in [0.2, 0.25) is 0 Å². The number of benzene rings is 1. The fourth-order valence-electron chi connectivity index (χ4n) is 2.71. The van der Waals surface area contributed by atoms with E-state index in [9.17, 15) is 24.5 Å². The van der Waals surface area contributed by atoms with E-state index in [1.807, 2.05) is 0 Å². The fourth-order valence-corrected chi connectivity index (χ4v) is 2.71. The summed E-state index contributed by atoms with van der Waals surface area (Å²) in [5.41, 5.74) is 0.347. The zero-order valence-electron chi connectivity index (χ0n) is 15.4. The van der Waals surface area contributed by atoms with Crippen molar-refractivity contribution in [3.8, 4) is 0 Å². The van der Waals surface area contributed by atoms with Crippen LogP contribution in [0.3, 0.4) is 0 Å². The minimum atomic E-state index is -1.13. The summed E-state index contributed by atoms with van der Waals surface area (Å²) in [4.78, 5) is 44.6. The van der Waals surface area contributed by atoms with Crippen LogP contribution in [-0.4, -0.2) is 54.0 Å². The molecule has 1 saturated heterocycles. The Bertz CT molecular complexity index is 749. The van der Waals surface area contributed by atoms with Gasteiger partial charge in [0.25, 0.3) is 5.69 Å². The predicted octanol–water partition coefficient (Wildman–Crippen LogP) is 1.16. The Morgan fingerprint density at radius 3 is 2.04 bits per heavy atom. The number of nitrogens with one attached hydrogen (secondary N) is 1. The average molecular weight is 396 g/mol. The fraction of sp³-hybridized carbons (Fsp3) is 0.471. The molecule has 1 fully saturated rings. The highest BCUT2D eigenvalue weighted by molar-refractivity contribution is 5.68. The standard InChI is InChI=1S/C17H20N2O9/c1-9(20)26-14-8-25-17(16(28-11(3)22)15(14)27-10(2)21)18-12-4-6-13(7-5-12)19(23)24/h4-7,14-18H,8H2,1-3H3/t14-,15+,16+,17+/m1/s1. The second kappa shape index (κ2) is 9.13. The summed E-state index contributed by atoms with van der Waals surface area (Å²) in [6.07, 6.45) is -4.16. The lowest BCUT2D eigenvalue weighted by Crippen LogP contribution is -2.59. The molecule has 1 N–H and O–H groups in total. The summed E-state index contributed by atoms with van der Waals surface area (Å²) in [5, 5.41) is 13.7. The van der Waals surface area contributed by atoms with Crippen LogP contribution in [0.1, 0.15) is 20.8 Å². The van der Waals surface area contributed by atoms with Crippen molar-refractivity contribution in [3.05, 3.63) is 34.4 Å². The van der Waals surface area contributed by atoms with Gasteiger partial charge in [0.15, 0.2) is 24.5 Å². The van der Waals surface area contributed by atoms with E-state index >= 15 is 0 Å². The maximum absolute atomic E-state index is 11.6. The molecule has 28 heavy (non-hydrogen) atoms. The third-order valence-electron chi connectivity index (χ3n) is 3.74. The lowest BCUT2D eigenvalue weighted by Gasteiger charge is -2.40. The number of hydrogen-bond donors (Lipinski definition) is 1. The lowest BCUT2D eigenvalue weighted by atomic mass is 10.0. The van der Waals surface area contributed by atoms with Crippen LogP contribution in [-0.2, 0) is 33.3 Å². The number of ether oxygens (including phenoxy) is 4. The van der Waals surface area contributed by atoms with Crippen molar-refractivity contribution in [1.29, 1.82) is 0 Å². The molecule has 1 aromatic rings. The summed E-state index contributed by atoms with van der Waals surface area (Å²) < 4.78 is 21.2. The molecule has 0 radical (unpaired) electrons. The van der Waals surface area contributed by atoms with Gasteiger partial charge in [-0.05, 0) is 12.1 Å². The second-order valence-corrected chi connectivity index (χ2v) is 6.00. The van der Waals surface area contributed by atoms with Crippen LogP contribution in [0.25, 0.3) is 0 Å². The highest BCUT2D eigenvalue weighted by Gasteiger charge is 2.47. The first-order chi connectivity index (χ1) is 13.2. The summed E-state index contributed by atoms with van der Waals surface area (Å²) >= 11 is 0. The topological polar surface area (TPSA) is 143 Å². The summed E-state index contributed by atoms with van der Waals surface area (Å²) in [6, 6.07) is 5.48. The van der Waals surface area contributed by atoms with E-state index in [0.717, 1.165) is 0 Å². The van der Waals surface area contributed by atoms with Gasteiger partial charge in [0.05, 0.1) is 11.5 Å². The first kappa shape index (κ1) is 21.1. The van der Waals surface area contributed by atoms with Gasteiger partial charge in [-0.3, -0.25) is 24.5 Å². The number of anilines is 1. The molecule has 4 atom stereocenters. The van der Waals surface area contributed by atoms with Crippen LogP contribution in [0, 0.1) is 10.1 Å². The Labute approximate surface area is 160 Å². The van der Waals surface area contributed by atoms with Crippen molar-refractivity contribution >= 4 is 29.3 Å². The van der Waals surface area contributed by atoms with Crippen molar-refractivity contribution in [2.45, 2.75) is 45.3 Å². The molecule has 0 saturated carbocycles. The van der Waals surface area contributed by atoms with Gasteiger partial charge >= 0.3 is 17.9 Å². The summed E-state index contributed by atoms with van der Waals surface area (Å²) in [6.45, 7) is 3.40. The van der Waals surface area contributed by atoms with Crippen molar-refractivity contribution in [2.24, 2.45) is 0 Å². The highest BCUT2D eigenvalue weighted by Crippen LogP contribution is 2.26. The normalized spacial score (nSPS) is 24.0. The molecule has 0 spiro atoms. The van der Waals surface area contributed by atoms with Crippen molar-refractivity contribution in [1.82, 2.24) is 0 Å². The van der Waals surface area contributed by atoms with Gasteiger partial charge < -0.3 is 24.3 Å². The molecular weight excluding hydrogens is 376 g/mol. The van der Waals surface area contributed by atoms with Crippen LogP contribution < -0.4 is 5.32 Å². The number of hydrogen-bond acceptors (Lipinski definition) is 10. The Balaban J connectivity index is 2.25. The number of nitrogens with zero attached hydrogens (tertiary/aromatic N) is 1. The van der Waals surface area contributed by atoms with Crippen LogP contribution in [0.4, 0.5) is 11.4 Å². The number of esters is 3. The number of rotatable bonds is 6. The quantitative estimate of drug-likeness (QED) is 0.322. The van der Waals surface area contributed by atoms with Crippen molar-refractivity contribution in [2.75, 3.05) is 11.9 Å². The van der Waals surface area contributed by atoms with E-state index in [1.54, 1.807) is 0 Å². The van der Waals surface area contributed by atoms with Gasteiger partial charge in [-0.2, -0.15) is 0 Å². The molecule has 1 aliphatic heterocycles. The molecular formula is C17H20N2O9. The molecule has 1 aliphatic rings. The molecule has 0 aliphatic carbocycles.